The van der Waals surface area contributed by atoms with E-state index in [2.05, 4.69) is 20.5 Å². The number of amides is 1. The van der Waals surface area contributed by atoms with Gasteiger partial charge in [-0.25, -0.2) is 10.1 Å². The van der Waals surface area contributed by atoms with Gasteiger partial charge in [-0.2, -0.15) is 5.10 Å². The molecule has 0 saturated heterocycles. The number of aromatic nitrogens is 3. The average Bonchev–Trinajstić information content (AvgIpc) is 3.30. The number of carbonyl (C=O) groups is 1. The standard InChI is InChI=1S/C26H26N4O3S/c1-15-27-14-23(34-15)21-12-9-17(13-22(21)33-2)25(31)28-18-10-7-16(8-11-18)24-19-5-3-4-6-20(19)26(32)30-29-24/h3-6,9,12-14,16,18H,7-8,10-11H2,1-2H3,(H,28,31)(H,30,32). The molecule has 1 aliphatic carbocycles. The zero-order valence-corrected chi connectivity index (χ0v) is 19.9. The maximum absolute atomic E-state index is 13.0. The highest BCUT2D eigenvalue weighted by atomic mass is 32.1. The number of nitrogens with one attached hydrogen (secondary N) is 2. The Hall–Kier alpha value is -3.52. The summed E-state index contributed by atoms with van der Waals surface area (Å²) in [6.07, 6.45) is 5.36. The third kappa shape index (κ3) is 4.33. The SMILES string of the molecule is COc1cc(C(=O)NC2CCC(c3n[nH]c(=O)c4ccccc34)CC2)ccc1-c1cnc(C)s1. The topological polar surface area (TPSA) is 97.0 Å². The lowest BCUT2D eigenvalue weighted by Crippen LogP contribution is -2.37. The van der Waals surface area contributed by atoms with E-state index in [4.69, 9.17) is 4.74 Å². The Labute approximate surface area is 201 Å². The van der Waals surface area contributed by atoms with E-state index < -0.39 is 0 Å². The van der Waals surface area contributed by atoms with Crippen LogP contribution in [0.4, 0.5) is 0 Å². The van der Waals surface area contributed by atoms with Crippen LogP contribution in [0.25, 0.3) is 21.2 Å². The molecule has 0 aliphatic heterocycles. The van der Waals surface area contributed by atoms with Crippen LogP contribution < -0.4 is 15.6 Å². The van der Waals surface area contributed by atoms with E-state index in [-0.39, 0.29) is 23.4 Å². The second-order valence-corrected chi connectivity index (χ2v) is 9.90. The summed E-state index contributed by atoms with van der Waals surface area (Å²) < 4.78 is 5.56. The van der Waals surface area contributed by atoms with E-state index in [1.807, 2.05) is 49.5 Å². The molecule has 1 saturated carbocycles. The van der Waals surface area contributed by atoms with Crippen LogP contribution >= 0.6 is 11.3 Å². The number of hydrogen-bond donors (Lipinski definition) is 2. The molecule has 2 aromatic carbocycles. The zero-order valence-electron chi connectivity index (χ0n) is 19.1. The Morgan fingerprint density at radius 1 is 1.12 bits per heavy atom. The van der Waals surface area contributed by atoms with Crippen molar-refractivity contribution in [1.29, 1.82) is 0 Å². The number of nitrogens with zero attached hydrogens (tertiary/aromatic N) is 2. The van der Waals surface area contributed by atoms with Crippen molar-refractivity contribution in [2.45, 2.75) is 44.6 Å². The van der Waals surface area contributed by atoms with Gasteiger partial charge in [0, 0.05) is 34.7 Å². The monoisotopic (exact) mass is 474 g/mol. The Morgan fingerprint density at radius 3 is 2.59 bits per heavy atom. The van der Waals surface area contributed by atoms with Gasteiger partial charge in [-0.1, -0.05) is 18.2 Å². The van der Waals surface area contributed by atoms with Crippen molar-refractivity contribution < 1.29 is 9.53 Å². The van der Waals surface area contributed by atoms with E-state index in [9.17, 15) is 9.59 Å². The van der Waals surface area contributed by atoms with Crippen LogP contribution in [0.15, 0.2) is 53.5 Å². The molecule has 0 atom stereocenters. The van der Waals surface area contributed by atoms with Gasteiger partial charge in [-0.3, -0.25) is 9.59 Å². The molecule has 5 rings (SSSR count). The normalized spacial score (nSPS) is 18.1. The third-order valence-corrected chi connectivity index (χ3v) is 7.47. The lowest BCUT2D eigenvalue weighted by molar-refractivity contribution is 0.0925. The predicted octanol–water partition coefficient (Wildman–Crippen LogP) is 4.82. The Kier molecular flexibility index (Phi) is 6.15. The maximum atomic E-state index is 13.0. The summed E-state index contributed by atoms with van der Waals surface area (Å²) in [6.45, 7) is 1.97. The molecule has 1 aliphatic rings. The molecule has 0 radical (unpaired) electrons. The first-order chi connectivity index (χ1) is 16.5. The first kappa shape index (κ1) is 22.3. The number of aryl methyl sites for hydroxylation is 1. The minimum absolute atomic E-state index is 0.0959. The molecule has 2 N–H and O–H groups in total. The lowest BCUT2D eigenvalue weighted by Gasteiger charge is -2.29. The van der Waals surface area contributed by atoms with Crippen molar-refractivity contribution in [3.8, 4) is 16.2 Å². The molecule has 34 heavy (non-hydrogen) atoms. The number of fused-ring (bicyclic) bond motifs is 1. The largest absolute Gasteiger partial charge is 0.496 e. The van der Waals surface area contributed by atoms with Gasteiger partial charge in [0.15, 0.2) is 0 Å². The highest BCUT2D eigenvalue weighted by molar-refractivity contribution is 7.15. The van der Waals surface area contributed by atoms with Gasteiger partial charge < -0.3 is 10.1 Å². The molecule has 1 amide bonds. The minimum Gasteiger partial charge on any atom is -0.496 e. The molecular formula is C26H26N4O3S. The van der Waals surface area contributed by atoms with Crippen LogP contribution in [0.5, 0.6) is 5.75 Å². The van der Waals surface area contributed by atoms with Crippen LogP contribution in [0, 0.1) is 6.92 Å². The Bertz CT molecular complexity index is 1400. The van der Waals surface area contributed by atoms with E-state index in [0.29, 0.717) is 16.7 Å². The highest BCUT2D eigenvalue weighted by Crippen LogP contribution is 2.36. The van der Waals surface area contributed by atoms with Crippen molar-refractivity contribution in [2.24, 2.45) is 0 Å². The van der Waals surface area contributed by atoms with Crippen LogP contribution in [0.2, 0.25) is 0 Å². The molecule has 174 valence electrons. The summed E-state index contributed by atoms with van der Waals surface area (Å²) in [6, 6.07) is 13.3. The molecule has 1 fully saturated rings. The number of carbonyl (C=O) groups excluding carboxylic acids is 1. The first-order valence-corrected chi connectivity index (χ1v) is 12.2. The molecule has 0 spiro atoms. The summed E-state index contributed by atoms with van der Waals surface area (Å²) >= 11 is 1.60. The molecular weight excluding hydrogens is 448 g/mol. The van der Waals surface area contributed by atoms with Gasteiger partial charge in [0.25, 0.3) is 11.5 Å². The van der Waals surface area contributed by atoms with Gasteiger partial charge in [0.05, 0.1) is 28.1 Å². The molecule has 7 nitrogen and oxygen atoms in total. The van der Waals surface area contributed by atoms with Crippen molar-refractivity contribution >= 4 is 28.0 Å². The predicted molar refractivity (Wildman–Crippen MR) is 134 cm³/mol. The summed E-state index contributed by atoms with van der Waals surface area (Å²) in [5, 5.41) is 12.8. The fraction of sp³-hybridized carbons (Fsp3) is 0.308. The lowest BCUT2D eigenvalue weighted by atomic mass is 9.82. The van der Waals surface area contributed by atoms with Crippen LogP contribution in [0.1, 0.15) is 52.7 Å². The number of aromatic amines is 1. The zero-order chi connectivity index (χ0) is 23.7. The number of thiazole rings is 1. The third-order valence-electron chi connectivity index (χ3n) is 6.53. The highest BCUT2D eigenvalue weighted by Gasteiger charge is 2.26. The molecule has 4 aromatic rings. The van der Waals surface area contributed by atoms with Gasteiger partial charge in [0.2, 0.25) is 0 Å². The molecule has 0 bridgehead atoms. The summed E-state index contributed by atoms with van der Waals surface area (Å²) in [7, 11) is 1.62. The number of rotatable bonds is 5. The van der Waals surface area contributed by atoms with E-state index in [1.54, 1.807) is 24.5 Å². The smallest absolute Gasteiger partial charge is 0.272 e. The quantitative estimate of drug-likeness (QED) is 0.432. The van der Waals surface area contributed by atoms with E-state index >= 15 is 0 Å². The van der Waals surface area contributed by atoms with Crippen LogP contribution in [0.3, 0.4) is 0 Å². The van der Waals surface area contributed by atoms with Gasteiger partial charge in [0.1, 0.15) is 5.75 Å². The number of ether oxygens (including phenoxy) is 1. The Balaban J connectivity index is 1.26. The average molecular weight is 475 g/mol. The van der Waals surface area contributed by atoms with E-state index in [1.165, 1.54) is 0 Å². The van der Waals surface area contributed by atoms with Gasteiger partial charge in [-0.15, -0.1) is 11.3 Å². The van der Waals surface area contributed by atoms with Gasteiger partial charge in [-0.05, 0) is 56.9 Å². The molecule has 2 heterocycles. The van der Waals surface area contributed by atoms with Crippen molar-refractivity contribution in [3.05, 3.63) is 75.3 Å². The summed E-state index contributed by atoms with van der Waals surface area (Å²) in [5.74, 6) is 0.828. The number of benzene rings is 2. The van der Waals surface area contributed by atoms with Crippen molar-refractivity contribution in [3.63, 3.8) is 0 Å². The first-order valence-electron chi connectivity index (χ1n) is 11.4. The minimum atomic E-state index is -0.160. The fourth-order valence-electron chi connectivity index (χ4n) is 4.75. The number of hydrogen-bond acceptors (Lipinski definition) is 6. The van der Waals surface area contributed by atoms with Crippen LogP contribution in [-0.2, 0) is 0 Å². The number of H-pyrrole nitrogens is 1. The second-order valence-electron chi connectivity index (χ2n) is 8.66. The molecule has 8 heteroatoms. The Morgan fingerprint density at radius 2 is 1.88 bits per heavy atom. The van der Waals surface area contributed by atoms with Gasteiger partial charge >= 0.3 is 0 Å². The summed E-state index contributed by atoms with van der Waals surface area (Å²) in [4.78, 5) is 30.4. The molecule has 2 aromatic heterocycles. The fourth-order valence-corrected chi connectivity index (χ4v) is 5.56. The van der Waals surface area contributed by atoms with Crippen molar-refractivity contribution in [2.75, 3.05) is 7.11 Å². The second kappa shape index (κ2) is 9.38. The van der Waals surface area contributed by atoms with Crippen LogP contribution in [-0.4, -0.2) is 34.2 Å². The van der Waals surface area contributed by atoms with Crippen molar-refractivity contribution in [1.82, 2.24) is 20.5 Å². The van der Waals surface area contributed by atoms with E-state index in [0.717, 1.165) is 52.2 Å². The summed E-state index contributed by atoms with van der Waals surface area (Å²) in [5.41, 5.74) is 2.30. The number of methoxy groups -OCH3 is 1. The molecule has 0 unspecified atom stereocenters. The maximum Gasteiger partial charge on any atom is 0.272 e.